The van der Waals surface area contributed by atoms with Crippen molar-refractivity contribution in [2.45, 2.75) is 58.7 Å². The Morgan fingerprint density at radius 3 is 2.33 bits per heavy atom. The van der Waals surface area contributed by atoms with E-state index in [2.05, 4.69) is 10.6 Å². The first-order chi connectivity index (χ1) is 18.4. The minimum atomic E-state index is -0.916. The minimum Gasteiger partial charge on any atom is -0.444 e. The molecule has 3 aromatic rings. The highest BCUT2D eigenvalue weighted by atomic mass is 32.2. The number of carbonyl (C=O) groups is 3. The molecule has 0 aliphatic rings. The number of likely N-dealkylation sites (N-methyl/N-ethyl adjacent to an activating group) is 1. The van der Waals surface area contributed by atoms with Crippen LogP contribution >= 0.6 is 11.8 Å². The molecule has 2 N–H and O–H groups in total. The van der Waals surface area contributed by atoms with Gasteiger partial charge in [-0.1, -0.05) is 54.1 Å². The number of nitrogens with zero attached hydrogens (tertiary/aromatic N) is 1. The Hall–Kier alpha value is -3.52. The zero-order chi connectivity index (χ0) is 28.7. The van der Waals surface area contributed by atoms with E-state index in [4.69, 9.17) is 4.74 Å². The van der Waals surface area contributed by atoms with Gasteiger partial charge >= 0.3 is 6.09 Å². The lowest BCUT2D eigenvalue weighted by molar-refractivity contribution is -0.139. The molecule has 0 fully saturated rings. The van der Waals surface area contributed by atoms with Gasteiger partial charge in [0, 0.05) is 12.7 Å². The zero-order valence-corrected chi connectivity index (χ0v) is 24.6. The van der Waals surface area contributed by atoms with E-state index in [-0.39, 0.29) is 11.8 Å². The molecule has 0 saturated heterocycles. The van der Waals surface area contributed by atoms with E-state index in [0.29, 0.717) is 17.9 Å². The fraction of sp³-hybridized carbons (Fsp3) is 0.387. The third-order valence-electron chi connectivity index (χ3n) is 6.33. The number of nitrogens with one attached hydrogen (secondary N) is 2. The van der Waals surface area contributed by atoms with E-state index in [1.165, 1.54) is 4.90 Å². The van der Waals surface area contributed by atoms with Crippen LogP contribution in [-0.2, 0) is 14.3 Å². The molecule has 208 valence electrons. The van der Waals surface area contributed by atoms with Gasteiger partial charge in [-0.3, -0.25) is 9.59 Å². The number of ether oxygens (including phenoxy) is 1. The first-order valence-corrected chi connectivity index (χ1v) is 14.4. The Bertz CT molecular complexity index is 1330. The van der Waals surface area contributed by atoms with Crippen molar-refractivity contribution in [3.05, 3.63) is 77.4 Å². The van der Waals surface area contributed by atoms with Gasteiger partial charge in [0.2, 0.25) is 5.91 Å². The van der Waals surface area contributed by atoms with E-state index in [1.807, 2.05) is 80.8 Å². The fourth-order valence-corrected chi connectivity index (χ4v) is 4.85. The molecule has 0 spiro atoms. The Kier molecular flexibility index (Phi) is 10.0. The minimum absolute atomic E-state index is 0.337. The maximum atomic E-state index is 13.9. The van der Waals surface area contributed by atoms with Crippen molar-refractivity contribution >= 4 is 46.1 Å². The number of amides is 3. The molecule has 0 heterocycles. The summed E-state index contributed by atoms with van der Waals surface area (Å²) >= 11 is 1.58. The van der Waals surface area contributed by atoms with Gasteiger partial charge in [0.05, 0.1) is 0 Å². The largest absolute Gasteiger partial charge is 0.444 e. The van der Waals surface area contributed by atoms with Gasteiger partial charge in [0.25, 0.3) is 5.91 Å². The molecule has 0 aliphatic carbocycles. The van der Waals surface area contributed by atoms with Gasteiger partial charge in [0.1, 0.15) is 17.7 Å². The first kappa shape index (κ1) is 30.0. The van der Waals surface area contributed by atoms with Crippen LogP contribution in [0.4, 0.5) is 10.5 Å². The Morgan fingerprint density at radius 1 is 0.974 bits per heavy atom. The van der Waals surface area contributed by atoms with Gasteiger partial charge in [-0.15, -0.1) is 0 Å². The van der Waals surface area contributed by atoms with Crippen molar-refractivity contribution in [3.63, 3.8) is 0 Å². The summed E-state index contributed by atoms with van der Waals surface area (Å²) in [6.07, 6.45) is 1.67. The third kappa shape index (κ3) is 8.23. The van der Waals surface area contributed by atoms with E-state index in [0.717, 1.165) is 27.5 Å². The average molecular weight is 550 g/mol. The smallest absolute Gasteiger partial charge is 0.408 e. The van der Waals surface area contributed by atoms with Crippen LogP contribution in [0.3, 0.4) is 0 Å². The quantitative estimate of drug-likeness (QED) is 0.330. The van der Waals surface area contributed by atoms with Gasteiger partial charge in [-0.25, -0.2) is 4.79 Å². The number of carbonyl (C=O) groups excluding carboxylic acids is 3. The highest BCUT2D eigenvalue weighted by molar-refractivity contribution is 7.98. The summed E-state index contributed by atoms with van der Waals surface area (Å²) in [5.41, 5.74) is 2.53. The summed E-state index contributed by atoms with van der Waals surface area (Å²) in [7, 11) is 1.61. The second-order valence-corrected chi connectivity index (χ2v) is 11.7. The number of benzene rings is 3. The first-order valence-electron chi connectivity index (χ1n) is 13.0. The fourth-order valence-electron chi connectivity index (χ4n) is 4.37. The lowest BCUT2D eigenvalue weighted by Gasteiger charge is -2.32. The summed E-state index contributed by atoms with van der Waals surface area (Å²) in [5, 5.41) is 7.82. The molecule has 0 aromatic heterocycles. The van der Waals surface area contributed by atoms with Crippen LogP contribution in [0.25, 0.3) is 10.8 Å². The molecular formula is C31H39N3O4S. The van der Waals surface area contributed by atoms with E-state index in [1.54, 1.807) is 39.6 Å². The second kappa shape index (κ2) is 13.0. The maximum Gasteiger partial charge on any atom is 0.408 e. The van der Waals surface area contributed by atoms with Crippen LogP contribution in [0.2, 0.25) is 0 Å². The van der Waals surface area contributed by atoms with Crippen LogP contribution in [0.15, 0.2) is 60.7 Å². The number of aryl methyl sites for hydroxylation is 2. The summed E-state index contributed by atoms with van der Waals surface area (Å²) in [5.74, 6) is -0.0533. The number of fused-ring (bicyclic) bond motifs is 1. The summed E-state index contributed by atoms with van der Waals surface area (Å²) < 4.78 is 5.41. The normalized spacial score (nSPS) is 12.9. The van der Waals surface area contributed by atoms with Crippen LogP contribution in [-0.4, -0.2) is 53.5 Å². The van der Waals surface area contributed by atoms with Crippen molar-refractivity contribution in [2.24, 2.45) is 0 Å². The van der Waals surface area contributed by atoms with Crippen LogP contribution in [0, 0.1) is 13.8 Å². The highest BCUT2D eigenvalue weighted by Gasteiger charge is 2.34. The van der Waals surface area contributed by atoms with Crippen molar-refractivity contribution in [1.82, 2.24) is 10.2 Å². The van der Waals surface area contributed by atoms with E-state index < -0.39 is 23.8 Å². The Morgan fingerprint density at radius 2 is 1.67 bits per heavy atom. The highest BCUT2D eigenvalue weighted by Crippen LogP contribution is 2.28. The number of anilines is 1. The number of rotatable bonds is 9. The molecule has 8 heteroatoms. The molecule has 3 aromatic carbocycles. The SMILES string of the molecule is CSCCC(NC(=O)OC(C)(C)C)C(=O)N(C)C(C(=O)Nc1ccc2ccccc2c1)c1cc(C)ccc1C. The summed E-state index contributed by atoms with van der Waals surface area (Å²) in [4.78, 5) is 41.8. The Labute approximate surface area is 235 Å². The molecule has 3 amide bonds. The van der Waals surface area contributed by atoms with Crippen molar-refractivity contribution in [1.29, 1.82) is 0 Å². The molecule has 0 aliphatic heterocycles. The number of hydrogen-bond donors (Lipinski definition) is 2. The van der Waals surface area contributed by atoms with Gasteiger partial charge in [-0.05, 0) is 87.1 Å². The summed E-state index contributed by atoms with van der Waals surface area (Å²) in [6.45, 7) is 9.18. The molecule has 3 rings (SSSR count). The molecule has 0 radical (unpaired) electrons. The second-order valence-electron chi connectivity index (χ2n) is 10.7. The third-order valence-corrected chi connectivity index (χ3v) is 6.97. The predicted octanol–water partition coefficient (Wildman–Crippen LogP) is 6.24. The zero-order valence-electron chi connectivity index (χ0n) is 23.8. The van der Waals surface area contributed by atoms with Gasteiger partial charge in [0.15, 0.2) is 0 Å². The molecule has 2 atom stereocenters. The monoisotopic (exact) mass is 549 g/mol. The summed E-state index contributed by atoms with van der Waals surface area (Å²) in [6, 6.07) is 17.7. The number of thioether (sulfide) groups is 1. The number of alkyl carbamates (subject to hydrolysis) is 1. The molecular weight excluding hydrogens is 510 g/mol. The standard InChI is InChI=1S/C31H39N3O4S/c1-20-12-13-21(2)25(18-20)27(28(35)32-24-15-14-22-10-8-9-11-23(22)19-24)34(6)29(36)26(16-17-39-7)33-30(37)38-31(3,4)5/h8-15,18-19,26-27H,16-17H2,1-7H3,(H,32,35)(H,33,37). The van der Waals surface area contributed by atoms with Crippen molar-refractivity contribution in [2.75, 3.05) is 24.4 Å². The molecule has 7 nitrogen and oxygen atoms in total. The van der Waals surface area contributed by atoms with Crippen molar-refractivity contribution < 1.29 is 19.1 Å². The van der Waals surface area contributed by atoms with Gasteiger partial charge < -0.3 is 20.3 Å². The van der Waals surface area contributed by atoms with Crippen LogP contribution in [0.1, 0.15) is 49.9 Å². The predicted molar refractivity (Wildman–Crippen MR) is 160 cm³/mol. The van der Waals surface area contributed by atoms with Gasteiger partial charge in [-0.2, -0.15) is 11.8 Å². The Balaban J connectivity index is 1.95. The topological polar surface area (TPSA) is 87.7 Å². The maximum absolute atomic E-state index is 13.9. The molecule has 0 bridgehead atoms. The van der Waals surface area contributed by atoms with E-state index in [9.17, 15) is 14.4 Å². The average Bonchev–Trinajstić information content (AvgIpc) is 2.87. The van der Waals surface area contributed by atoms with Crippen molar-refractivity contribution in [3.8, 4) is 0 Å². The molecule has 39 heavy (non-hydrogen) atoms. The lowest BCUT2D eigenvalue weighted by atomic mass is 9.96. The number of hydrogen-bond acceptors (Lipinski definition) is 5. The molecule has 2 unspecified atom stereocenters. The van der Waals surface area contributed by atoms with Crippen LogP contribution in [0.5, 0.6) is 0 Å². The molecule has 0 saturated carbocycles. The van der Waals surface area contributed by atoms with E-state index >= 15 is 0 Å². The lowest BCUT2D eigenvalue weighted by Crippen LogP contribution is -2.51. The van der Waals surface area contributed by atoms with Crippen LogP contribution < -0.4 is 10.6 Å².